The average Bonchev–Trinajstić information content (AvgIpc) is 2.91. The van der Waals surface area contributed by atoms with E-state index in [-0.39, 0.29) is 0 Å². The maximum atomic E-state index is 6.32. The molecule has 2 aromatic rings. The summed E-state index contributed by atoms with van der Waals surface area (Å²) in [5.41, 5.74) is 3.82. The van der Waals surface area contributed by atoms with Crippen molar-refractivity contribution in [3.05, 3.63) is 22.7 Å². The molecule has 0 saturated carbocycles. The number of anilines is 1. The second kappa shape index (κ2) is 5.65. The topological polar surface area (TPSA) is 34.2 Å². The second-order valence-corrected chi connectivity index (χ2v) is 6.18. The number of hydrogen-bond acceptors (Lipinski definition) is 4. The van der Waals surface area contributed by atoms with E-state index in [0.29, 0.717) is 12.1 Å². The van der Waals surface area contributed by atoms with E-state index in [2.05, 4.69) is 17.2 Å². The van der Waals surface area contributed by atoms with E-state index in [1.54, 1.807) is 11.3 Å². The molecule has 0 bridgehead atoms. The Bertz CT molecular complexity index is 572. The first-order chi connectivity index (χ1) is 9.28. The van der Waals surface area contributed by atoms with Gasteiger partial charge < -0.3 is 10.1 Å². The Kier molecular flexibility index (Phi) is 3.91. The number of thiazole rings is 1. The Morgan fingerprint density at radius 2 is 2.42 bits per heavy atom. The summed E-state index contributed by atoms with van der Waals surface area (Å²) in [5.74, 6) is 0. The van der Waals surface area contributed by atoms with Crippen LogP contribution in [0.3, 0.4) is 0 Å². The van der Waals surface area contributed by atoms with Gasteiger partial charge >= 0.3 is 0 Å². The van der Waals surface area contributed by atoms with Crippen molar-refractivity contribution in [2.45, 2.75) is 38.3 Å². The van der Waals surface area contributed by atoms with Crippen LogP contribution < -0.4 is 5.32 Å². The number of nitrogens with one attached hydrogen (secondary N) is 1. The standard InChI is InChI=1S/C14H17ClN2OS/c1-2-10-7-9(5-6-18-10)17-13-11(15)3-4-12-14(13)16-8-19-12/h3-4,8-10,17H,2,5-7H2,1H3. The SMILES string of the molecule is CCC1CC(Nc2c(Cl)ccc3scnc23)CCO1. The predicted octanol–water partition coefficient (Wildman–Crippen LogP) is 4.32. The van der Waals surface area contributed by atoms with E-state index >= 15 is 0 Å². The lowest BCUT2D eigenvalue weighted by Crippen LogP contribution is -2.33. The molecule has 5 heteroatoms. The van der Waals surface area contributed by atoms with Crippen LogP contribution >= 0.6 is 22.9 Å². The van der Waals surface area contributed by atoms with Crippen LogP contribution in [0.1, 0.15) is 26.2 Å². The van der Waals surface area contributed by atoms with Crippen molar-refractivity contribution >= 4 is 38.8 Å². The predicted molar refractivity (Wildman–Crippen MR) is 81.3 cm³/mol. The van der Waals surface area contributed by atoms with Crippen LogP contribution in [0.5, 0.6) is 0 Å². The Hall–Kier alpha value is -0.840. The molecule has 1 aliphatic rings. The molecule has 0 spiro atoms. The van der Waals surface area contributed by atoms with E-state index < -0.39 is 0 Å². The highest BCUT2D eigenvalue weighted by Crippen LogP contribution is 2.34. The molecule has 0 amide bonds. The minimum Gasteiger partial charge on any atom is -0.379 e. The van der Waals surface area contributed by atoms with Gasteiger partial charge in [-0.1, -0.05) is 18.5 Å². The number of hydrogen-bond donors (Lipinski definition) is 1. The van der Waals surface area contributed by atoms with Gasteiger partial charge in [0.15, 0.2) is 0 Å². The van der Waals surface area contributed by atoms with Crippen molar-refractivity contribution in [3.63, 3.8) is 0 Å². The van der Waals surface area contributed by atoms with Crippen LogP contribution in [-0.2, 0) is 4.74 Å². The summed E-state index contributed by atoms with van der Waals surface area (Å²) in [5, 5.41) is 4.32. The molecule has 3 nitrogen and oxygen atoms in total. The normalized spacial score (nSPS) is 23.7. The largest absolute Gasteiger partial charge is 0.379 e. The molecule has 0 radical (unpaired) electrons. The molecular weight excluding hydrogens is 280 g/mol. The zero-order valence-electron chi connectivity index (χ0n) is 10.9. The lowest BCUT2D eigenvalue weighted by molar-refractivity contribution is 0.00927. The molecule has 0 aliphatic carbocycles. The molecule has 1 aromatic heterocycles. The van der Waals surface area contributed by atoms with Crippen molar-refractivity contribution in [1.29, 1.82) is 0 Å². The summed E-state index contributed by atoms with van der Waals surface area (Å²) in [7, 11) is 0. The minimum atomic E-state index is 0.361. The maximum absolute atomic E-state index is 6.32. The molecule has 1 saturated heterocycles. The molecule has 1 fully saturated rings. The number of nitrogens with zero attached hydrogens (tertiary/aromatic N) is 1. The molecule has 1 N–H and O–H groups in total. The van der Waals surface area contributed by atoms with Gasteiger partial charge in [-0.15, -0.1) is 11.3 Å². The van der Waals surface area contributed by atoms with Crippen molar-refractivity contribution < 1.29 is 4.74 Å². The third-order valence-electron chi connectivity index (χ3n) is 3.62. The van der Waals surface area contributed by atoms with Gasteiger partial charge in [0.05, 0.1) is 27.0 Å². The highest BCUT2D eigenvalue weighted by Gasteiger charge is 2.22. The number of aromatic nitrogens is 1. The molecule has 2 unspecified atom stereocenters. The van der Waals surface area contributed by atoms with E-state index in [0.717, 1.165) is 42.1 Å². The molecule has 3 rings (SSSR count). The zero-order valence-corrected chi connectivity index (χ0v) is 12.4. The number of fused-ring (bicyclic) bond motifs is 1. The van der Waals surface area contributed by atoms with Crippen molar-refractivity contribution in [2.75, 3.05) is 11.9 Å². The Labute approximate surface area is 121 Å². The number of ether oxygens (including phenoxy) is 1. The van der Waals surface area contributed by atoms with E-state index in [1.165, 1.54) is 4.70 Å². The summed E-state index contributed by atoms with van der Waals surface area (Å²) in [6.07, 6.45) is 3.48. The first-order valence-electron chi connectivity index (χ1n) is 6.67. The van der Waals surface area contributed by atoms with Crippen LogP contribution in [0.15, 0.2) is 17.6 Å². The Morgan fingerprint density at radius 1 is 1.53 bits per heavy atom. The lowest BCUT2D eigenvalue weighted by atomic mass is 10.0. The fourth-order valence-electron chi connectivity index (χ4n) is 2.54. The first kappa shape index (κ1) is 13.2. The quantitative estimate of drug-likeness (QED) is 0.916. The van der Waals surface area contributed by atoms with Gasteiger partial charge in [0.1, 0.15) is 5.52 Å². The van der Waals surface area contributed by atoms with Gasteiger partial charge in [-0.3, -0.25) is 0 Å². The van der Waals surface area contributed by atoms with Gasteiger partial charge in [-0.25, -0.2) is 4.98 Å². The minimum absolute atomic E-state index is 0.361. The van der Waals surface area contributed by atoms with Crippen molar-refractivity contribution in [2.24, 2.45) is 0 Å². The maximum Gasteiger partial charge on any atom is 0.106 e. The van der Waals surface area contributed by atoms with E-state index in [4.69, 9.17) is 16.3 Å². The lowest BCUT2D eigenvalue weighted by Gasteiger charge is -2.30. The summed E-state index contributed by atoms with van der Waals surface area (Å²) in [4.78, 5) is 4.42. The molecule has 102 valence electrons. The summed E-state index contributed by atoms with van der Waals surface area (Å²) < 4.78 is 6.88. The van der Waals surface area contributed by atoms with Gasteiger partial charge in [-0.2, -0.15) is 0 Å². The number of rotatable bonds is 3. The first-order valence-corrected chi connectivity index (χ1v) is 7.93. The van der Waals surface area contributed by atoms with Gasteiger partial charge in [0.25, 0.3) is 0 Å². The Morgan fingerprint density at radius 3 is 3.26 bits per heavy atom. The molecule has 2 heterocycles. The zero-order chi connectivity index (χ0) is 13.2. The summed E-state index contributed by atoms with van der Waals surface area (Å²) >= 11 is 7.96. The second-order valence-electron chi connectivity index (χ2n) is 4.89. The molecule has 2 atom stereocenters. The van der Waals surface area contributed by atoms with Gasteiger partial charge in [0.2, 0.25) is 0 Å². The summed E-state index contributed by atoms with van der Waals surface area (Å²) in [6.45, 7) is 2.99. The summed E-state index contributed by atoms with van der Waals surface area (Å²) in [6, 6.07) is 4.39. The van der Waals surface area contributed by atoms with Crippen LogP contribution in [0, 0.1) is 0 Å². The Balaban J connectivity index is 1.84. The molecular formula is C14H17ClN2OS. The average molecular weight is 297 g/mol. The smallest absolute Gasteiger partial charge is 0.106 e. The fourth-order valence-corrected chi connectivity index (χ4v) is 3.44. The van der Waals surface area contributed by atoms with Crippen molar-refractivity contribution in [1.82, 2.24) is 4.98 Å². The highest BCUT2D eigenvalue weighted by molar-refractivity contribution is 7.16. The van der Waals surface area contributed by atoms with Crippen LogP contribution in [0.25, 0.3) is 10.2 Å². The van der Waals surface area contributed by atoms with Crippen LogP contribution in [0.2, 0.25) is 5.02 Å². The van der Waals surface area contributed by atoms with Crippen molar-refractivity contribution in [3.8, 4) is 0 Å². The number of halogens is 1. The van der Waals surface area contributed by atoms with Gasteiger partial charge in [-0.05, 0) is 31.4 Å². The highest BCUT2D eigenvalue weighted by atomic mass is 35.5. The molecule has 1 aliphatic heterocycles. The fraction of sp³-hybridized carbons (Fsp3) is 0.500. The van der Waals surface area contributed by atoms with Gasteiger partial charge in [0, 0.05) is 12.6 Å². The molecule has 1 aromatic carbocycles. The number of benzene rings is 1. The molecule has 19 heavy (non-hydrogen) atoms. The third kappa shape index (κ3) is 2.71. The van der Waals surface area contributed by atoms with Crippen LogP contribution in [0.4, 0.5) is 5.69 Å². The van der Waals surface area contributed by atoms with Crippen LogP contribution in [-0.4, -0.2) is 23.7 Å². The van der Waals surface area contributed by atoms with E-state index in [9.17, 15) is 0 Å². The monoisotopic (exact) mass is 296 g/mol. The van der Waals surface area contributed by atoms with E-state index in [1.807, 2.05) is 17.6 Å². The third-order valence-corrected chi connectivity index (χ3v) is 4.73.